The highest BCUT2D eigenvalue weighted by Gasteiger charge is 2.27. The summed E-state index contributed by atoms with van der Waals surface area (Å²) in [6, 6.07) is 9.65. The first kappa shape index (κ1) is 18.2. The molecule has 0 saturated carbocycles. The second-order valence-corrected chi connectivity index (χ2v) is 7.58. The van der Waals surface area contributed by atoms with Gasteiger partial charge in [-0.05, 0) is 29.7 Å². The third kappa shape index (κ3) is 3.79. The molecular formula is C18H14BrN3O3S. The van der Waals surface area contributed by atoms with Gasteiger partial charge in [-0.3, -0.25) is 4.79 Å². The molecule has 2 N–H and O–H groups in total. The summed E-state index contributed by atoms with van der Waals surface area (Å²) < 4.78 is 0.877. The van der Waals surface area contributed by atoms with E-state index in [1.54, 1.807) is 6.08 Å². The van der Waals surface area contributed by atoms with E-state index < -0.39 is 6.09 Å². The number of carbonyl (C=O) groups excluding carboxylic acids is 1. The number of hydrogen-bond acceptors (Lipinski definition) is 4. The molecule has 2 aromatic rings. The van der Waals surface area contributed by atoms with E-state index in [9.17, 15) is 14.9 Å². The molecular weight excluding hydrogens is 418 g/mol. The number of fused-ring (bicyclic) bond motifs is 1. The molecule has 0 unspecified atom stereocenters. The standard InChI is InChI=1S/C18H14BrN3O3S/c19-14-4-2-1-3-11(14)5-6-16(23)21-17-13(9-20)12-7-8-22(18(24)25)10-15(12)26-17/h1-6H,7-8,10H2,(H,21,23)(H,24,25). The average molecular weight is 432 g/mol. The Kier molecular flexibility index (Phi) is 5.40. The summed E-state index contributed by atoms with van der Waals surface area (Å²) in [6.45, 7) is 0.593. The van der Waals surface area contributed by atoms with Crippen LogP contribution in [0, 0.1) is 11.3 Å². The topological polar surface area (TPSA) is 93.4 Å². The molecule has 132 valence electrons. The fraction of sp³-hybridized carbons (Fsp3) is 0.167. The summed E-state index contributed by atoms with van der Waals surface area (Å²) in [5.41, 5.74) is 2.13. The van der Waals surface area contributed by atoms with Gasteiger partial charge in [0.15, 0.2) is 0 Å². The summed E-state index contributed by atoms with van der Waals surface area (Å²) in [5.74, 6) is -0.342. The van der Waals surface area contributed by atoms with E-state index in [4.69, 9.17) is 5.11 Å². The zero-order valence-corrected chi connectivity index (χ0v) is 15.9. The molecule has 1 aromatic carbocycles. The summed E-state index contributed by atoms with van der Waals surface area (Å²) in [6.07, 6.45) is 2.59. The molecule has 0 atom stereocenters. The monoisotopic (exact) mass is 431 g/mol. The molecule has 0 bridgehead atoms. The molecule has 26 heavy (non-hydrogen) atoms. The number of nitrogens with zero attached hydrogens (tertiary/aromatic N) is 2. The Balaban J connectivity index is 1.78. The van der Waals surface area contributed by atoms with Crippen LogP contribution < -0.4 is 5.32 Å². The molecule has 6 nitrogen and oxygen atoms in total. The Morgan fingerprint density at radius 2 is 2.15 bits per heavy atom. The van der Waals surface area contributed by atoms with Crippen molar-refractivity contribution in [1.29, 1.82) is 5.26 Å². The third-order valence-electron chi connectivity index (χ3n) is 4.00. The zero-order valence-electron chi connectivity index (χ0n) is 13.5. The molecule has 0 saturated heterocycles. The van der Waals surface area contributed by atoms with Crippen molar-refractivity contribution in [3.8, 4) is 6.07 Å². The lowest BCUT2D eigenvalue weighted by molar-refractivity contribution is -0.111. The fourth-order valence-electron chi connectivity index (χ4n) is 2.70. The van der Waals surface area contributed by atoms with Crippen molar-refractivity contribution in [2.45, 2.75) is 13.0 Å². The molecule has 0 spiro atoms. The van der Waals surface area contributed by atoms with Crippen LogP contribution in [0.1, 0.15) is 21.6 Å². The van der Waals surface area contributed by atoms with E-state index in [1.165, 1.54) is 22.3 Å². The van der Waals surface area contributed by atoms with Gasteiger partial charge in [0, 0.05) is 22.0 Å². The summed E-state index contributed by atoms with van der Waals surface area (Å²) >= 11 is 4.67. The number of halogens is 1. The van der Waals surface area contributed by atoms with Crippen LogP contribution in [0.3, 0.4) is 0 Å². The van der Waals surface area contributed by atoms with Crippen molar-refractivity contribution < 1.29 is 14.7 Å². The second kappa shape index (κ2) is 7.72. The number of anilines is 1. The van der Waals surface area contributed by atoms with Gasteiger partial charge < -0.3 is 15.3 Å². The first-order chi connectivity index (χ1) is 12.5. The van der Waals surface area contributed by atoms with Gasteiger partial charge in [0.05, 0.1) is 12.1 Å². The van der Waals surface area contributed by atoms with Crippen LogP contribution in [0.15, 0.2) is 34.8 Å². The van der Waals surface area contributed by atoms with Gasteiger partial charge in [-0.25, -0.2) is 4.79 Å². The number of carbonyl (C=O) groups is 2. The lowest BCUT2D eigenvalue weighted by atomic mass is 10.0. The smallest absolute Gasteiger partial charge is 0.407 e. The fourth-order valence-corrected chi connectivity index (χ4v) is 4.34. The van der Waals surface area contributed by atoms with Crippen LogP contribution in [0.4, 0.5) is 9.80 Å². The number of hydrogen-bond donors (Lipinski definition) is 2. The molecule has 0 radical (unpaired) electrons. The number of nitrogens with one attached hydrogen (secondary N) is 1. The molecule has 1 aromatic heterocycles. The Morgan fingerprint density at radius 3 is 2.85 bits per heavy atom. The van der Waals surface area contributed by atoms with Gasteiger partial charge in [-0.15, -0.1) is 11.3 Å². The Morgan fingerprint density at radius 1 is 1.38 bits per heavy atom. The number of rotatable bonds is 3. The minimum absolute atomic E-state index is 0.243. The maximum Gasteiger partial charge on any atom is 0.407 e. The Bertz CT molecular complexity index is 946. The Labute approximate surface area is 162 Å². The number of benzene rings is 1. The van der Waals surface area contributed by atoms with Crippen molar-refractivity contribution in [1.82, 2.24) is 4.90 Å². The van der Waals surface area contributed by atoms with Crippen molar-refractivity contribution in [3.63, 3.8) is 0 Å². The van der Waals surface area contributed by atoms with E-state index >= 15 is 0 Å². The average Bonchev–Trinajstić information content (AvgIpc) is 2.96. The molecule has 3 rings (SSSR count). The maximum atomic E-state index is 12.2. The third-order valence-corrected chi connectivity index (χ3v) is 5.85. The lowest BCUT2D eigenvalue weighted by Gasteiger charge is -2.23. The van der Waals surface area contributed by atoms with E-state index in [-0.39, 0.29) is 12.5 Å². The van der Waals surface area contributed by atoms with Crippen LogP contribution in [0.25, 0.3) is 6.08 Å². The van der Waals surface area contributed by atoms with Gasteiger partial charge in [-0.1, -0.05) is 34.1 Å². The van der Waals surface area contributed by atoms with Crippen LogP contribution in [-0.2, 0) is 17.8 Å². The van der Waals surface area contributed by atoms with E-state index in [0.29, 0.717) is 23.5 Å². The van der Waals surface area contributed by atoms with E-state index in [2.05, 4.69) is 27.3 Å². The number of thiophene rings is 1. The van der Waals surface area contributed by atoms with E-state index in [0.717, 1.165) is 20.5 Å². The lowest BCUT2D eigenvalue weighted by Crippen LogP contribution is -2.34. The summed E-state index contributed by atoms with van der Waals surface area (Å²) in [7, 11) is 0. The highest BCUT2D eigenvalue weighted by molar-refractivity contribution is 9.10. The normalized spacial score (nSPS) is 13.3. The van der Waals surface area contributed by atoms with Gasteiger partial charge in [0.2, 0.25) is 5.91 Å². The number of amides is 2. The molecule has 1 aliphatic rings. The minimum atomic E-state index is -0.982. The highest BCUT2D eigenvalue weighted by atomic mass is 79.9. The van der Waals surface area contributed by atoms with Gasteiger partial charge in [0.1, 0.15) is 11.1 Å². The predicted molar refractivity (Wildman–Crippen MR) is 103 cm³/mol. The van der Waals surface area contributed by atoms with Crippen molar-refractivity contribution in [3.05, 3.63) is 56.4 Å². The SMILES string of the molecule is N#Cc1c(NC(=O)C=Cc2ccccc2Br)sc2c1CCN(C(=O)O)C2. The van der Waals surface area contributed by atoms with Gasteiger partial charge in [0.25, 0.3) is 0 Å². The summed E-state index contributed by atoms with van der Waals surface area (Å²) in [4.78, 5) is 25.5. The zero-order chi connectivity index (χ0) is 18.7. The molecule has 8 heteroatoms. The Hall–Kier alpha value is -2.63. The molecule has 2 heterocycles. The van der Waals surface area contributed by atoms with Gasteiger partial charge in [-0.2, -0.15) is 5.26 Å². The van der Waals surface area contributed by atoms with Gasteiger partial charge >= 0.3 is 6.09 Å². The molecule has 2 amide bonds. The maximum absolute atomic E-state index is 12.2. The van der Waals surface area contributed by atoms with Crippen molar-refractivity contribution in [2.24, 2.45) is 0 Å². The number of carboxylic acid groups (broad SMARTS) is 1. The highest BCUT2D eigenvalue weighted by Crippen LogP contribution is 2.36. The first-order valence-electron chi connectivity index (χ1n) is 7.75. The molecule has 0 fully saturated rings. The largest absolute Gasteiger partial charge is 0.465 e. The van der Waals surface area contributed by atoms with Crippen LogP contribution in [0.5, 0.6) is 0 Å². The van der Waals surface area contributed by atoms with Crippen LogP contribution in [0.2, 0.25) is 0 Å². The van der Waals surface area contributed by atoms with Crippen LogP contribution in [-0.4, -0.2) is 28.6 Å². The summed E-state index contributed by atoms with van der Waals surface area (Å²) in [5, 5.41) is 21.8. The molecule has 0 aliphatic carbocycles. The van der Waals surface area contributed by atoms with E-state index in [1.807, 2.05) is 24.3 Å². The quantitative estimate of drug-likeness (QED) is 0.716. The minimum Gasteiger partial charge on any atom is -0.465 e. The second-order valence-electron chi connectivity index (χ2n) is 5.62. The van der Waals surface area contributed by atoms with Crippen molar-refractivity contribution in [2.75, 3.05) is 11.9 Å². The van der Waals surface area contributed by atoms with Crippen LogP contribution >= 0.6 is 27.3 Å². The van der Waals surface area contributed by atoms with Crippen molar-refractivity contribution >= 4 is 50.3 Å². The number of nitriles is 1. The first-order valence-corrected chi connectivity index (χ1v) is 9.36. The molecule has 1 aliphatic heterocycles. The predicted octanol–water partition coefficient (Wildman–Crippen LogP) is 4.07.